The molecule has 6 nitrogen and oxygen atoms in total. The van der Waals surface area contributed by atoms with Gasteiger partial charge < -0.3 is 0 Å². The zero-order chi connectivity index (χ0) is 11.7. The lowest BCUT2D eigenvalue weighted by Crippen LogP contribution is -2.02. The number of aryl methyl sites for hydroxylation is 2. The molecule has 0 saturated heterocycles. The third-order valence-corrected chi connectivity index (χ3v) is 2.17. The molecule has 2 heterocycles. The van der Waals surface area contributed by atoms with Gasteiger partial charge in [0.1, 0.15) is 6.20 Å². The second-order valence-corrected chi connectivity index (χ2v) is 3.47. The first-order chi connectivity index (χ1) is 7.58. The second kappa shape index (κ2) is 3.73. The Morgan fingerprint density at radius 1 is 1.38 bits per heavy atom. The number of nitrogens with zero attached hydrogens (tertiary/aromatic N) is 4. The SMILES string of the molecule is Cc1cc(C)n(-c2ccc([N+](=O)[O-])cn2)n1. The van der Waals surface area contributed by atoms with Gasteiger partial charge in [0, 0.05) is 11.8 Å². The van der Waals surface area contributed by atoms with Gasteiger partial charge in [-0.2, -0.15) is 5.10 Å². The van der Waals surface area contributed by atoms with Crippen molar-refractivity contribution < 1.29 is 4.92 Å². The number of rotatable bonds is 2. The minimum atomic E-state index is -0.474. The lowest BCUT2D eigenvalue weighted by Gasteiger charge is -2.01. The highest BCUT2D eigenvalue weighted by molar-refractivity contribution is 5.33. The topological polar surface area (TPSA) is 73.8 Å². The number of hydrogen-bond donors (Lipinski definition) is 0. The van der Waals surface area contributed by atoms with Crippen LogP contribution in [0, 0.1) is 24.0 Å². The summed E-state index contributed by atoms with van der Waals surface area (Å²) in [5.41, 5.74) is 1.81. The predicted molar refractivity (Wildman–Crippen MR) is 57.5 cm³/mol. The average molecular weight is 218 g/mol. The first kappa shape index (κ1) is 10.3. The Balaban J connectivity index is 2.42. The van der Waals surface area contributed by atoms with E-state index in [2.05, 4.69) is 10.1 Å². The molecule has 2 aromatic heterocycles. The molecule has 6 heteroatoms. The molecule has 0 radical (unpaired) electrons. The van der Waals surface area contributed by atoms with Crippen LogP contribution in [0.5, 0.6) is 0 Å². The Labute approximate surface area is 91.7 Å². The summed E-state index contributed by atoms with van der Waals surface area (Å²) in [7, 11) is 0. The van der Waals surface area contributed by atoms with E-state index in [-0.39, 0.29) is 5.69 Å². The highest BCUT2D eigenvalue weighted by atomic mass is 16.6. The molecular weight excluding hydrogens is 208 g/mol. The number of nitro groups is 1. The molecule has 0 fully saturated rings. The van der Waals surface area contributed by atoms with Crippen molar-refractivity contribution >= 4 is 5.69 Å². The van der Waals surface area contributed by atoms with Gasteiger partial charge in [-0.15, -0.1) is 0 Å². The lowest BCUT2D eigenvalue weighted by atomic mass is 10.4. The standard InChI is InChI=1S/C10H10N4O2/c1-7-5-8(2)13(12-7)10-4-3-9(6-11-10)14(15)16/h3-6H,1-2H3. The van der Waals surface area contributed by atoms with Gasteiger partial charge in [-0.1, -0.05) is 0 Å². The van der Waals surface area contributed by atoms with Gasteiger partial charge in [0.2, 0.25) is 0 Å². The van der Waals surface area contributed by atoms with Crippen LogP contribution in [0.4, 0.5) is 5.69 Å². The molecule has 0 aliphatic carbocycles. The minimum Gasteiger partial charge on any atom is -0.258 e. The van der Waals surface area contributed by atoms with Crippen LogP contribution in [0.3, 0.4) is 0 Å². The van der Waals surface area contributed by atoms with Gasteiger partial charge in [0.15, 0.2) is 5.82 Å². The maximum Gasteiger partial charge on any atom is 0.287 e. The van der Waals surface area contributed by atoms with Crippen LogP contribution in [0.2, 0.25) is 0 Å². The van der Waals surface area contributed by atoms with Crippen LogP contribution in [-0.2, 0) is 0 Å². The van der Waals surface area contributed by atoms with Crippen LogP contribution in [0.1, 0.15) is 11.4 Å². The Morgan fingerprint density at radius 3 is 2.56 bits per heavy atom. The highest BCUT2D eigenvalue weighted by Gasteiger charge is 2.08. The lowest BCUT2D eigenvalue weighted by molar-refractivity contribution is -0.385. The highest BCUT2D eigenvalue weighted by Crippen LogP contribution is 2.13. The summed E-state index contributed by atoms with van der Waals surface area (Å²) in [6, 6.07) is 4.92. The van der Waals surface area contributed by atoms with Crippen molar-refractivity contribution in [3.63, 3.8) is 0 Å². The first-order valence-corrected chi connectivity index (χ1v) is 4.72. The van der Waals surface area contributed by atoms with Crippen molar-refractivity contribution in [2.24, 2.45) is 0 Å². The molecule has 16 heavy (non-hydrogen) atoms. The van der Waals surface area contributed by atoms with Crippen molar-refractivity contribution in [1.82, 2.24) is 14.8 Å². The summed E-state index contributed by atoms with van der Waals surface area (Å²) >= 11 is 0. The monoisotopic (exact) mass is 218 g/mol. The van der Waals surface area contributed by atoms with E-state index in [0.29, 0.717) is 5.82 Å². The van der Waals surface area contributed by atoms with Crippen molar-refractivity contribution in [3.05, 3.63) is 45.9 Å². The molecule has 82 valence electrons. The molecule has 0 spiro atoms. The second-order valence-electron chi connectivity index (χ2n) is 3.47. The van der Waals surface area contributed by atoms with Crippen LogP contribution in [0.25, 0.3) is 5.82 Å². The fourth-order valence-electron chi connectivity index (χ4n) is 1.47. The van der Waals surface area contributed by atoms with E-state index in [9.17, 15) is 10.1 Å². The van der Waals surface area contributed by atoms with Crippen molar-refractivity contribution in [2.75, 3.05) is 0 Å². The Bertz CT molecular complexity index is 530. The number of hydrogen-bond acceptors (Lipinski definition) is 4. The molecule has 0 saturated carbocycles. The zero-order valence-electron chi connectivity index (χ0n) is 8.91. The fraction of sp³-hybridized carbons (Fsp3) is 0.200. The molecule has 2 rings (SSSR count). The van der Waals surface area contributed by atoms with Crippen LogP contribution in [-0.4, -0.2) is 19.7 Å². The van der Waals surface area contributed by atoms with Crippen LogP contribution < -0.4 is 0 Å². The third kappa shape index (κ3) is 1.77. The van der Waals surface area contributed by atoms with E-state index in [1.165, 1.54) is 12.3 Å². The van der Waals surface area contributed by atoms with E-state index >= 15 is 0 Å². The van der Waals surface area contributed by atoms with E-state index in [1.807, 2.05) is 19.9 Å². The smallest absolute Gasteiger partial charge is 0.258 e. The van der Waals surface area contributed by atoms with Gasteiger partial charge in [0.25, 0.3) is 5.69 Å². The van der Waals surface area contributed by atoms with Gasteiger partial charge in [-0.05, 0) is 26.0 Å². The summed E-state index contributed by atoms with van der Waals surface area (Å²) in [5, 5.41) is 14.7. The molecule has 0 aromatic carbocycles. The molecule has 0 unspecified atom stereocenters. The summed E-state index contributed by atoms with van der Waals surface area (Å²) < 4.78 is 1.65. The Morgan fingerprint density at radius 2 is 2.12 bits per heavy atom. The molecule has 0 bridgehead atoms. The molecular formula is C10H10N4O2. The van der Waals surface area contributed by atoms with Crippen molar-refractivity contribution in [2.45, 2.75) is 13.8 Å². The van der Waals surface area contributed by atoms with E-state index < -0.39 is 4.92 Å². The quantitative estimate of drug-likeness (QED) is 0.569. The summed E-state index contributed by atoms with van der Waals surface area (Å²) in [5.74, 6) is 0.580. The van der Waals surface area contributed by atoms with Crippen molar-refractivity contribution in [3.8, 4) is 5.82 Å². The molecule has 0 N–H and O–H groups in total. The molecule has 0 amide bonds. The van der Waals surface area contributed by atoms with Crippen LogP contribution >= 0.6 is 0 Å². The van der Waals surface area contributed by atoms with Gasteiger partial charge in [-0.3, -0.25) is 10.1 Å². The third-order valence-electron chi connectivity index (χ3n) is 2.17. The first-order valence-electron chi connectivity index (χ1n) is 4.72. The van der Waals surface area contributed by atoms with E-state index in [1.54, 1.807) is 10.7 Å². The minimum absolute atomic E-state index is 0.0229. The summed E-state index contributed by atoms with van der Waals surface area (Å²) in [6.07, 6.45) is 1.23. The Hall–Kier alpha value is -2.24. The van der Waals surface area contributed by atoms with Gasteiger partial charge >= 0.3 is 0 Å². The van der Waals surface area contributed by atoms with Crippen LogP contribution in [0.15, 0.2) is 24.4 Å². The maximum absolute atomic E-state index is 10.5. The molecule has 0 aliphatic rings. The molecule has 0 atom stereocenters. The normalized spacial score (nSPS) is 10.4. The van der Waals surface area contributed by atoms with Gasteiger partial charge in [0.05, 0.1) is 10.6 Å². The molecule has 2 aromatic rings. The maximum atomic E-state index is 10.5. The molecule has 0 aliphatic heterocycles. The number of pyridine rings is 1. The average Bonchev–Trinajstić information content (AvgIpc) is 2.58. The van der Waals surface area contributed by atoms with E-state index in [4.69, 9.17) is 0 Å². The number of aromatic nitrogens is 3. The summed E-state index contributed by atoms with van der Waals surface area (Å²) in [6.45, 7) is 3.79. The largest absolute Gasteiger partial charge is 0.287 e. The predicted octanol–water partition coefficient (Wildman–Crippen LogP) is 1.79. The fourth-order valence-corrected chi connectivity index (χ4v) is 1.47. The zero-order valence-corrected chi connectivity index (χ0v) is 8.91. The van der Waals surface area contributed by atoms with Crippen molar-refractivity contribution in [1.29, 1.82) is 0 Å². The van der Waals surface area contributed by atoms with Gasteiger partial charge in [-0.25, -0.2) is 9.67 Å². The van der Waals surface area contributed by atoms with E-state index in [0.717, 1.165) is 11.4 Å². The summed E-state index contributed by atoms with van der Waals surface area (Å²) in [4.78, 5) is 14.0. The Kier molecular flexibility index (Phi) is 2.40.